The van der Waals surface area contributed by atoms with Crippen molar-refractivity contribution in [3.63, 3.8) is 0 Å². The normalized spacial score (nSPS) is 10.0. The van der Waals surface area contributed by atoms with Gasteiger partial charge in [0.25, 0.3) is 0 Å². The van der Waals surface area contributed by atoms with E-state index in [0.717, 1.165) is 10.6 Å². The molecule has 1 heterocycles. The Balaban J connectivity index is 1.81. The van der Waals surface area contributed by atoms with Crippen LogP contribution < -0.4 is 5.32 Å². The molecule has 1 N–H and O–H groups in total. The third-order valence-corrected chi connectivity index (χ3v) is 2.91. The highest BCUT2D eigenvalue weighted by Gasteiger charge is 2.03. The van der Waals surface area contributed by atoms with Gasteiger partial charge in [0.1, 0.15) is 5.01 Å². The lowest BCUT2D eigenvalue weighted by molar-refractivity contribution is -0.120. The molecule has 0 unspecified atom stereocenters. The van der Waals surface area contributed by atoms with Crippen LogP contribution in [0.2, 0.25) is 0 Å². The van der Waals surface area contributed by atoms with Gasteiger partial charge in [-0.1, -0.05) is 30.3 Å². The van der Waals surface area contributed by atoms with E-state index in [2.05, 4.69) is 10.3 Å². The first-order valence-electron chi connectivity index (χ1n) is 5.03. The molecule has 82 valence electrons. The first-order chi connectivity index (χ1) is 7.84. The molecule has 1 aromatic carbocycles. The van der Waals surface area contributed by atoms with Crippen LogP contribution in [0.4, 0.5) is 0 Å². The summed E-state index contributed by atoms with van der Waals surface area (Å²) in [6.07, 6.45) is 2.16. The van der Waals surface area contributed by atoms with Crippen molar-refractivity contribution >= 4 is 17.2 Å². The molecule has 0 aliphatic heterocycles. The number of aromatic nitrogens is 1. The van der Waals surface area contributed by atoms with Gasteiger partial charge in [-0.05, 0) is 5.56 Å². The molecule has 0 atom stereocenters. The summed E-state index contributed by atoms with van der Waals surface area (Å²) in [5.74, 6) is 0.0291. The Morgan fingerprint density at radius 3 is 2.81 bits per heavy atom. The summed E-state index contributed by atoms with van der Waals surface area (Å²) in [7, 11) is 0. The van der Waals surface area contributed by atoms with Gasteiger partial charge >= 0.3 is 0 Å². The molecule has 0 bridgehead atoms. The smallest absolute Gasteiger partial charge is 0.224 e. The summed E-state index contributed by atoms with van der Waals surface area (Å²) in [6.45, 7) is 0.517. The molecule has 0 fully saturated rings. The molecule has 3 nitrogen and oxygen atoms in total. The third kappa shape index (κ3) is 3.17. The molecule has 1 amide bonds. The fourth-order valence-corrected chi connectivity index (χ4v) is 1.91. The van der Waals surface area contributed by atoms with E-state index in [1.807, 2.05) is 35.7 Å². The molecule has 0 spiro atoms. The minimum Gasteiger partial charge on any atom is -0.349 e. The summed E-state index contributed by atoms with van der Waals surface area (Å²) in [5.41, 5.74) is 1.03. The molecular formula is C12H12N2OS. The van der Waals surface area contributed by atoms with Crippen LogP contribution in [0.1, 0.15) is 10.6 Å². The van der Waals surface area contributed by atoms with E-state index in [1.165, 1.54) is 0 Å². The van der Waals surface area contributed by atoms with Crippen molar-refractivity contribution in [1.82, 2.24) is 10.3 Å². The highest BCUT2D eigenvalue weighted by atomic mass is 32.1. The van der Waals surface area contributed by atoms with Crippen LogP contribution in [0.15, 0.2) is 41.9 Å². The first-order valence-corrected chi connectivity index (χ1v) is 5.91. The number of nitrogens with one attached hydrogen (secondary N) is 1. The molecule has 0 saturated carbocycles. The number of benzene rings is 1. The zero-order valence-corrected chi connectivity index (χ0v) is 9.54. The van der Waals surface area contributed by atoms with E-state index in [9.17, 15) is 4.79 Å². The van der Waals surface area contributed by atoms with Crippen LogP contribution >= 0.6 is 11.3 Å². The van der Waals surface area contributed by atoms with E-state index in [-0.39, 0.29) is 5.91 Å². The average molecular weight is 232 g/mol. The number of rotatable bonds is 4. The summed E-state index contributed by atoms with van der Waals surface area (Å²) in [6, 6.07) is 9.70. The Kier molecular flexibility index (Phi) is 3.66. The minimum absolute atomic E-state index is 0.0291. The standard InChI is InChI=1S/C12H12N2OS/c15-11(8-10-4-2-1-3-5-10)14-9-12-13-6-7-16-12/h1-7H,8-9H2,(H,14,15). The molecule has 0 saturated heterocycles. The number of nitrogens with zero attached hydrogens (tertiary/aromatic N) is 1. The lowest BCUT2D eigenvalue weighted by Gasteiger charge is -2.02. The van der Waals surface area contributed by atoms with Crippen molar-refractivity contribution in [3.8, 4) is 0 Å². The molecule has 4 heteroatoms. The predicted molar refractivity (Wildman–Crippen MR) is 64.1 cm³/mol. The SMILES string of the molecule is O=C(Cc1ccccc1)NCc1nccs1. The van der Waals surface area contributed by atoms with Crippen molar-refractivity contribution in [2.45, 2.75) is 13.0 Å². The summed E-state index contributed by atoms with van der Waals surface area (Å²) in [5, 5.41) is 5.68. The summed E-state index contributed by atoms with van der Waals surface area (Å²) >= 11 is 1.55. The van der Waals surface area contributed by atoms with Gasteiger partial charge in [-0.25, -0.2) is 4.98 Å². The van der Waals surface area contributed by atoms with Crippen LogP contribution in [0.3, 0.4) is 0 Å². The Morgan fingerprint density at radius 2 is 2.12 bits per heavy atom. The van der Waals surface area contributed by atoms with Crippen molar-refractivity contribution in [2.24, 2.45) is 0 Å². The van der Waals surface area contributed by atoms with E-state index in [0.29, 0.717) is 13.0 Å². The predicted octanol–water partition coefficient (Wildman–Crippen LogP) is 2.00. The fourth-order valence-electron chi connectivity index (χ4n) is 1.36. The van der Waals surface area contributed by atoms with Gasteiger partial charge < -0.3 is 5.32 Å². The zero-order valence-electron chi connectivity index (χ0n) is 8.72. The van der Waals surface area contributed by atoms with E-state index in [4.69, 9.17) is 0 Å². The highest BCUT2D eigenvalue weighted by molar-refractivity contribution is 7.09. The van der Waals surface area contributed by atoms with E-state index < -0.39 is 0 Å². The van der Waals surface area contributed by atoms with Crippen LogP contribution in [-0.4, -0.2) is 10.9 Å². The van der Waals surface area contributed by atoms with Crippen molar-refractivity contribution < 1.29 is 4.79 Å². The van der Waals surface area contributed by atoms with Gasteiger partial charge in [-0.15, -0.1) is 11.3 Å². The summed E-state index contributed by atoms with van der Waals surface area (Å²) < 4.78 is 0. The monoisotopic (exact) mass is 232 g/mol. The average Bonchev–Trinajstić information content (AvgIpc) is 2.81. The van der Waals surface area contributed by atoms with Crippen LogP contribution in [0.5, 0.6) is 0 Å². The number of amides is 1. The molecule has 1 aromatic heterocycles. The number of thiazole rings is 1. The Labute approximate surface area is 98.2 Å². The van der Waals surface area contributed by atoms with Crippen LogP contribution in [-0.2, 0) is 17.8 Å². The lowest BCUT2D eigenvalue weighted by atomic mass is 10.1. The largest absolute Gasteiger partial charge is 0.349 e. The number of carbonyl (C=O) groups is 1. The second-order valence-electron chi connectivity index (χ2n) is 3.36. The highest BCUT2D eigenvalue weighted by Crippen LogP contribution is 2.03. The third-order valence-electron chi connectivity index (χ3n) is 2.13. The Hall–Kier alpha value is -1.68. The second kappa shape index (κ2) is 5.42. The topological polar surface area (TPSA) is 42.0 Å². The second-order valence-corrected chi connectivity index (χ2v) is 4.34. The van der Waals surface area contributed by atoms with Gasteiger partial charge in [-0.2, -0.15) is 0 Å². The quantitative estimate of drug-likeness (QED) is 0.876. The van der Waals surface area contributed by atoms with Gasteiger partial charge in [0.2, 0.25) is 5.91 Å². The number of carbonyl (C=O) groups excluding carboxylic acids is 1. The van der Waals surface area contributed by atoms with Crippen LogP contribution in [0.25, 0.3) is 0 Å². The maximum Gasteiger partial charge on any atom is 0.224 e. The van der Waals surface area contributed by atoms with E-state index in [1.54, 1.807) is 17.5 Å². The Morgan fingerprint density at radius 1 is 1.31 bits per heavy atom. The van der Waals surface area contributed by atoms with Gasteiger partial charge in [-0.3, -0.25) is 4.79 Å². The van der Waals surface area contributed by atoms with Gasteiger partial charge in [0.05, 0.1) is 13.0 Å². The number of hydrogen-bond acceptors (Lipinski definition) is 3. The molecule has 2 rings (SSSR count). The fraction of sp³-hybridized carbons (Fsp3) is 0.167. The molecule has 0 aliphatic rings. The first kappa shape index (κ1) is 10.8. The van der Waals surface area contributed by atoms with E-state index >= 15 is 0 Å². The maximum atomic E-state index is 11.6. The number of hydrogen-bond donors (Lipinski definition) is 1. The molecule has 16 heavy (non-hydrogen) atoms. The van der Waals surface area contributed by atoms with Crippen molar-refractivity contribution in [3.05, 3.63) is 52.5 Å². The van der Waals surface area contributed by atoms with Crippen molar-refractivity contribution in [2.75, 3.05) is 0 Å². The van der Waals surface area contributed by atoms with Crippen LogP contribution in [0, 0.1) is 0 Å². The summed E-state index contributed by atoms with van der Waals surface area (Å²) in [4.78, 5) is 15.7. The molecule has 0 radical (unpaired) electrons. The Bertz CT molecular complexity index is 439. The van der Waals surface area contributed by atoms with Crippen molar-refractivity contribution in [1.29, 1.82) is 0 Å². The molecule has 2 aromatic rings. The lowest BCUT2D eigenvalue weighted by Crippen LogP contribution is -2.24. The van der Waals surface area contributed by atoms with Gasteiger partial charge in [0.15, 0.2) is 0 Å². The van der Waals surface area contributed by atoms with Gasteiger partial charge in [0, 0.05) is 11.6 Å². The minimum atomic E-state index is 0.0291. The maximum absolute atomic E-state index is 11.6. The zero-order chi connectivity index (χ0) is 11.2. The molecule has 0 aliphatic carbocycles. The molecular weight excluding hydrogens is 220 g/mol.